The Balaban J connectivity index is 1.96. The van der Waals surface area contributed by atoms with Gasteiger partial charge in [-0.1, -0.05) is 44.2 Å². The van der Waals surface area contributed by atoms with E-state index in [1.54, 1.807) is 12.1 Å². The average Bonchev–Trinajstić information content (AvgIpc) is 3.35. The van der Waals surface area contributed by atoms with Crippen molar-refractivity contribution in [2.24, 2.45) is 11.8 Å². The molecule has 1 aliphatic heterocycles. The van der Waals surface area contributed by atoms with Gasteiger partial charge in [0.1, 0.15) is 6.10 Å². The van der Waals surface area contributed by atoms with Crippen molar-refractivity contribution in [2.75, 3.05) is 32.0 Å². The van der Waals surface area contributed by atoms with Crippen LogP contribution >= 0.6 is 7.82 Å². The fraction of sp³-hybridized carbons (Fsp3) is 0.500. The monoisotopic (exact) mass is 584 g/mol. The molecule has 0 spiro atoms. The van der Waals surface area contributed by atoms with Crippen molar-refractivity contribution in [3.8, 4) is 0 Å². The van der Waals surface area contributed by atoms with E-state index < -0.39 is 48.5 Å². The first-order valence-corrected chi connectivity index (χ1v) is 15.7. The Morgan fingerprint density at radius 1 is 1.13 bits per heavy atom. The molecule has 3 atom stereocenters. The third-order valence-corrected chi connectivity index (χ3v) is 8.62. The third kappa shape index (κ3) is 9.99. The summed E-state index contributed by atoms with van der Waals surface area (Å²) in [6.45, 7) is 4.06. The van der Waals surface area contributed by atoms with Gasteiger partial charge in [-0.3, -0.25) is 9.32 Å². The molecule has 0 aliphatic carbocycles. The van der Waals surface area contributed by atoms with Crippen LogP contribution in [0.1, 0.15) is 32.3 Å². The Bertz CT molecular complexity index is 1210. The van der Waals surface area contributed by atoms with Gasteiger partial charge in [-0.25, -0.2) is 13.0 Å². The number of rotatable bonds is 14. The summed E-state index contributed by atoms with van der Waals surface area (Å²) < 4.78 is 56.5. The van der Waals surface area contributed by atoms with E-state index in [0.29, 0.717) is 18.7 Å². The summed E-state index contributed by atoms with van der Waals surface area (Å²) in [4.78, 5) is 32.5. The summed E-state index contributed by atoms with van der Waals surface area (Å²) in [6, 6.07) is 14.7. The van der Waals surface area contributed by atoms with Gasteiger partial charge in [0.05, 0.1) is 30.6 Å². The minimum Gasteiger partial charge on any atom is -0.460 e. The lowest BCUT2D eigenvalue weighted by Gasteiger charge is -2.33. The predicted molar refractivity (Wildman–Crippen MR) is 145 cm³/mol. The van der Waals surface area contributed by atoms with Gasteiger partial charge in [0, 0.05) is 31.1 Å². The van der Waals surface area contributed by atoms with Gasteiger partial charge >= 0.3 is 13.8 Å². The number of nitrogens with zero attached hydrogens (tertiary/aromatic N) is 1. The second-order valence-corrected chi connectivity index (χ2v) is 13.2. The molecule has 1 saturated heterocycles. The van der Waals surface area contributed by atoms with Gasteiger partial charge < -0.3 is 25.0 Å². The first kappa shape index (κ1) is 31.2. The molecule has 39 heavy (non-hydrogen) atoms. The van der Waals surface area contributed by atoms with Crippen molar-refractivity contribution in [1.82, 2.24) is 4.31 Å². The minimum absolute atomic E-state index is 0.0208. The van der Waals surface area contributed by atoms with E-state index in [0.717, 1.165) is 9.87 Å². The molecular weight excluding hydrogens is 547 g/mol. The van der Waals surface area contributed by atoms with Gasteiger partial charge in [0.15, 0.2) is 0 Å². The number of esters is 1. The second kappa shape index (κ2) is 13.8. The number of hydrogen-bond acceptors (Lipinski definition) is 8. The van der Waals surface area contributed by atoms with E-state index in [2.05, 4.69) is 0 Å². The molecule has 2 aromatic rings. The van der Waals surface area contributed by atoms with Gasteiger partial charge in [0.2, 0.25) is 10.0 Å². The van der Waals surface area contributed by atoms with Crippen LogP contribution in [0.2, 0.25) is 0 Å². The quantitative estimate of drug-likeness (QED) is 0.171. The highest BCUT2D eigenvalue weighted by molar-refractivity contribution is 7.89. The minimum atomic E-state index is -5.08. The van der Waals surface area contributed by atoms with Crippen LogP contribution in [0.4, 0.5) is 5.69 Å². The number of anilines is 1. The zero-order valence-corrected chi connectivity index (χ0v) is 23.8. The molecule has 216 valence electrons. The molecule has 1 heterocycles. The van der Waals surface area contributed by atoms with Crippen molar-refractivity contribution < 1.29 is 41.6 Å². The maximum absolute atomic E-state index is 13.6. The second-order valence-electron chi connectivity index (χ2n) is 10.0. The molecule has 4 N–H and O–H groups in total. The fourth-order valence-electron chi connectivity index (χ4n) is 4.42. The van der Waals surface area contributed by atoms with Crippen molar-refractivity contribution in [3.63, 3.8) is 0 Å². The number of nitrogens with two attached hydrogens (primary N) is 1. The van der Waals surface area contributed by atoms with E-state index in [-0.39, 0.29) is 36.8 Å². The summed E-state index contributed by atoms with van der Waals surface area (Å²) in [7, 11) is -9.19. The molecule has 1 fully saturated rings. The van der Waals surface area contributed by atoms with Crippen LogP contribution < -0.4 is 5.73 Å². The van der Waals surface area contributed by atoms with Crippen LogP contribution in [-0.2, 0) is 39.8 Å². The zero-order valence-electron chi connectivity index (χ0n) is 22.1. The number of nitrogen functional groups attached to an aromatic ring is 1. The number of carbonyl (C=O) groups is 1. The molecule has 0 saturated carbocycles. The van der Waals surface area contributed by atoms with E-state index in [1.165, 1.54) is 24.3 Å². The van der Waals surface area contributed by atoms with Gasteiger partial charge in [-0.05, 0) is 42.2 Å². The fourth-order valence-corrected chi connectivity index (χ4v) is 6.63. The largest absolute Gasteiger partial charge is 0.469 e. The molecule has 0 unspecified atom stereocenters. The summed E-state index contributed by atoms with van der Waals surface area (Å²) in [5, 5.41) is 0. The van der Waals surface area contributed by atoms with Crippen LogP contribution in [0.25, 0.3) is 0 Å². The summed E-state index contributed by atoms with van der Waals surface area (Å²) in [6.07, 6.45) is -1.23. The van der Waals surface area contributed by atoms with Crippen LogP contribution in [0.15, 0.2) is 59.5 Å². The van der Waals surface area contributed by atoms with Crippen LogP contribution in [0.3, 0.4) is 0 Å². The molecule has 13 heteroatoms. The summed E-state index contributed by atoms with van der Waals surface area (Å²) >= 11 is 0. The van der Waals surface area contributed by atoms with Crippen LogP contribution in [0.5, 0.6) is 0 Å². The average molecular weight is 585 g/mol. The number of benzene rings is 2. The number of sulfonamides is 1. The van der Waals surface area contributed by atoms with E-state index in [9.17, 15) is 27.6 Å². The van der Waals surface area contributed by atoms with Gasteiger partial charge in [0.25, 0.3) is 0 Å². The van der Waals surface area contributed by atoms with Crippen molar-refractivity contribution in [3.05, 3.63) is 60.2 Å². The van der Waals surface area contributed by atoms with Crippen molar-refractivity contribution >= 4 is 29.5 Å². The van der Waals surface area contributed by atoms with Crippen LogP contribution in [0, 0.1) is 11.8 Å². The molecule has 3 rings (SSSR count). The van der Waals surface area contributed by atoms with Gasteiger partial charge in [-0.2, -0.15) is 4.31 Å². The molecular formula is C26H37N2O9PS. The maximum Gasteiger partial charge on any atom is 0.469 e. The predicted octanol–water partition coefficient (Wildman–Crippen LogP) is 2.97. The highest BCUT2D eigenvalue weighted by atomic mass is 32.2. The lowest BCUT2D eigenvalue weighted by Crippen LogP contribution is -2.44. The molecule has 0 aromatic heterocycles. The summed E-state index contributed by atoms with van der Waals surface area (Å²) in [5.74, 6) is -1.52. The normalized spacial score (nSPS) is 17.8. The lowest BCUT2D eigenvalue weighted by molar-refractivity contribution is -0.151. The number of phosphoric acid groups is 1. The standard InChI is InChI=1S/C26H37N2O9PS/c1-19(2)16-28(39(33,34)24-10-8-22(27)9-11-24)17-25(37-38(30,31)32)21(14-20-6-4-3-5-7-20)15-26(29)36-23-12-13-35-18-23/h3-11,19,21,23,25H,12-18,27H2,1-2H3,(H2,30,31,32)/t21-,23-,25+/m0/s1. The number of phosphoric ester groups is 1. The number of ether oxygens (including phenoxy) is 2. The SMILES string of the molecule is CC(C)CN(C[C@@H](OP(=O)(O)O)[C@H](CC(=O)O[C@H]1CCOC1)Cc1ccccc1)S(=O)(=O)c1ccc(N)cc1. The van der Waals surface area contributed by atoms with Crippen LogP contribution in [-0.4, -0.2) is 67.0 Å². The highest BCUT2D eigenvalue weighted by Crippen LogP contribution is 2.41. The maximum atomic E-state index is 13.6. The molecule has 0 bridgehead atoms. The first-order chi connectivity index (χ1) is 18.3. The number of hydrogen-bond donors (Lipinski definition) is 3. The topological polar surface area (TPSA) is 166 Å². The smallest absolute Gasteiger partial charge is 0.460 e. The van der Waals surface area contributed by atoms with Gasteiger partial charge in [-0.15, -0.1) is 0 Å². The van der Waals surface area contributed by atoms with Crippen molar-refractivity contribution in [1.29, 1.82) is 0 Å². The Labute approximate surface area is 229 Å². The number of carbonyl (C=O) groups excluding carboxylic acids is 1. The third-order valence-electron chi connectivity index (χ3n) is 6.22. The zero-order chi connectivity index (χ0) is 28.6. The molecule has 0 radical (unpaired) electrons. The first-order valence-electron chi connectivity index (χ1n) is 12.7. The molecule has 2 aromatic carbocycles. The Morgan fingerprint density at radius 2 is 1.79 bits per heavy atom. The Kier molecular flexibility index (Phi) is 11.1. The highest BCUT2D eigenvalue weighted by Gasteiger charge is 2.37. The molecule has 0 amide bonds. The van der Waals surface area contributed by atoms with E-state index in [4.69, 9.17) is 19.7 Å². The molecule has 11 nitrogen and oxygen atoms in total. The summed E-state index contributed by atoms with van der Waals surface area (Å²) in [5.41, 5.74) is 6.91. The lowest BCUT2D eigenvalue weighted by atomic mass is 9.90. The van der Waals surface area contributed by atoms with Crippen molar-refractivity contribution in [2.45, 2.75) is 50.2 Å². The van der Waals surface area contributed by atoms with E-state index >= 15 is 0 Å². The van der Waals surface area contributed by atoms with E-state index in [1.807, 2.05) is 32.0 Å². The molecule has 1 aliphatic rings. The Hall–Kier alpha value is -2.31. The Morgan fingerprint density at radius 3 is 2.36 bits per heavy atom.